The van der Waals surface area contributed by atoms with Gasteiger partial charge in [0.15, 0.2) is 11.7 Å². The van der Waals surface area contributed by atoms with Crippen LogP contribution in [0.2, 0.25) is 0 Å². The third-order valence-corrected chi connectivity index (χ3v) is 3.74. The van der Waals surface area contributed by atoms with E-state index in [-0.39, 0.29) is 11.7 Å². The van der Waals surface area contributed by atoms with Gasteiger partial charge in [0.25, 0.3) is 0 Å². The van der Waals surface area contributed by atoms with Gasteiger partial charge in [-0.3, -0.25) is 10.2 Å². The molecule has 0 aromatic heterocycles. The van der Waals surface area contributed by atoms with Crippen LogP contribution < -0.4 is 16.4 Å². The molecule has 0 saturated carbocycles. The van der Waals surface area contributed by atoms with Gasteiger partial charge in [-0.15, -0.1) is 0 Å². The molecule has 2 aromatic rings. The lowest BCUT2D eigenvalue weighted by molar-refractivity contribution is 0.103. The number of hydrogen-bond acceptors (Lipinski definition) is 3. The fourth-order valence-corrected chi connectivity index (χ4v) is 2.75. The van der Waals surface area contributed by atoms with Crippen LogP contribution in [0.1, 0.15) is 15.9 Å². The first-order valence-corrected chi connectivity index (χ1v) is 7.22. The van der Waals surface area contributed by atoms with Crippen LogP contribution in [0.15, 0.2) is 42.0 Å². The molecule has 5 heteroatoms. The van der Waals surface area contributed by atoms with Gasteiger partial charge in [0.05, 0.1) is 0 Å². The molecule has 0 spiro atoms. The highest BCUT2D eigenvalue weighted by molar-refractivity contribution is 6.22. The SMILES string of the molecule is N=C(N)NCCNCC1=Cc2cccc3cccc(c23)C1=O. The van der Waals surface area contributed by atoms with E-state index in [0.29, 0.717) is 19.6 Å². The second-order valence-corrected chi connectivity index (χ2v) is 5.27. The van der Waals surface area contributed by atoms with Crippen LogP contribution in [0.5, 0.6) is 0 Å². The van der Waals surface area contributed by atoms with Crippen LogP contribution in [0, 0.1) is 5.41 Å². The average Bonchev–Trinajstić information content (AvgIpc) is 2.51. The molecule has 0 aliphatic heterocycles. The van der Waals surface area contributed by atoms with E-state index in [4.69, 9.17) is 11.1 Å². The molecule has 2 aromatic carbocycles. The monoisotopic (exact) mass is 294 g/mol. The molecule has 0 unspecified atom stereocenters. The topological polar surface area (TPSA) is 91.0 Å². The van der Waals surface area contributed by atoms with E-state index in [1.807, 2.05) is 42.5 Å². The molecule has 0 saturated heterocycles. The van der Waals surface area contributed by atoms with Crippen molar-refractivity contribution >= 4 is 28.6 Å². The number of carbonyl (C=O) groups is 1. The van der Waals surface area contributed by atoms with E-state index in [1.54, 1.807) is 0 Å². The fourth-order valence-electron chi connectivity index (χ4n) is 2.75. The molecule has 1 aliphatic rings. The molecule has 0 heterocycles. The van der Waals surface area contributed by atoms with Crippen molar-refractivity contribution < 1.29 is 4.79 Å². The van der Waals surface area contributed by atoms with E-state index >= 15 is 0 Å². The van der Waals surface area contributed by atoms with E-state index in [9.17, 15) is 4.79 Å². The minimum Gasteiger partial charge on any atom is -0.370 e. The van der Waals surface area contributed by atoms with Crippen LogP contribution in [0.3, 0.4) is 0 Å². The second kappa shape index (κ2) is 5.99. The second-order valence-electron chi connectivity index (χ2n) is 5.27. The Morgan fingerprint density at radius 3 is 2.68 bits per heavy atom. The Morgan fingerprint density at radius 1 is 1.14 bits per heavy atom. The van der Waals surface area contributed by atoms with Crippen molar-refractivity contribution in [1.29, 1.82) is 5.41 Å². The number of guanidine groups is 1. The van der Waals surface area contributed by atoms with Gasteiger partial charge in [0, 0.05) is 36.2 Å². The number of ketones is 1. The lowest BCUT2D eigenvalue weighted by atomic mass is 9.88. The van der Waals surface area contributed by atoms with E-state index in [2.05, 4.69) is 10.6 Å². The Morgan fingerprint density at radius 2 is 1.91 bits per heavy atom. The van der Waals surface area contributed by atoms with E-state index in [0.717, 1.165) is 27.5 Å². The van der Waals surface area contributed by atoms with Gasteiger partial charge in [-0.1, -0.05) is 36.4 Å². The number of nitrogens with two attached hydrogens (primary N) is 1. The number of carbonyl (C=O) groups excluding carboxylic acids is 1. The van der Waals surface area contributed by atoms with Gasteiger partial charge in [-0.25, -0.2) is 0 Å². The normalized spacial score (nSPS) is 13.1. The average molecular weight is 294 g/mol. The molecular weight excluding hydrogens is 276 g/mol. The predicted molar refractivity (Wildman–Crippen MR) is 89.0 cm³/mol. The molecule has 112 valence electrons. The minimum absolute atomic E-state index is 0.0460. The van der Waals surface area contributed by atoms with E-state index in [1.165, 1.54) is 0 Å². The van der Waals surface area contributed by atoms with Crippen LogP contribution in [-0.2, 0) is 0 Å². The summed E-state index contributed by atoms with van der Waals surface area (Å²) in [6.07, 6.45) is 1.96. The summed E-state index contributed by atoms with van der Waals surface area (Å²) < 4.78 is 0. The number of hydrogen-bond donors (Lipinski definition) is 4. The smallest absolute Gasteiger partial charge is 0.190 e. The zero-order valence-electron chi connectivity index (χ0n) is 12.1. The fraction of sp³-hybridized carbons (Fsp3) is 0.176. The van der Waals surface area contributed by atoms with Gasteiger partial charge in [-0.05, 0) is 17.0 Å². The summed E-state index contributed by atoms with van der Waals surface area (Å²) in [5.41, 5.74) is 7.83. The summed E-state index contributed by atoms with van der Waals surface area (Å²) in [5.74, 6) is 0.0340. The maximum Gasteiger partial charge on any atom is 0.190 e. The standard InChI is InChI=1S/C17H18N4O/c18-17(19)21-8-7-20-10-13-9-12-5-1-3-11-4-2-6-14(15(11)12)16(13)22/h1-6,9,20H,7-8,10H2,(H4,18,19,21). The minimum atomic E-state index is -0.0460. The summed E-state index contributed by atoms with van der Waals surface area (Å²) in [5, 5.41) is 15.1. The number of rotatable bonds is 5. The number of Topliss-reactive ketones (excluding diaryl/α,β-unsaturated/α-hetero) is 1. The van der Waals surface area contributed by atoms with Crippen molar-refractivity contribution in [3.63, 3.8) is 0 Å². The molecule has 5 nitrogen and oxygen atoms in total. The Kier molecular flexibility index (Phi) is 3.89. The lowest BCUT2D eigenvalue weighted by Gasteiger charge is -2.17. The summed E-state index contributed by atoms with van der Waals surface area (Å²) >= 11 is 0. The van der Waals surface area contributed by atoms with Gasteiger partial charge in [0.1, 0.15) is 0 Å². The van der Waals surface area contributed by atoms with Gasteiger partial charge >= 0.3 is 0 Å². The van der Waals surface area contributed by atoms with E-state index < -0.39 is 0 Å². The molecule has 0 amide bonds. The molecule has 0 fully saturated rings. The zero-order chi connectivity index (χ0) is 15.5. The molecule has 22 heavy (non-hydrogen) atoms. The molecule has 0 atom stereocenters. The highest BCUT2D eigenvalue weighted by atomic mass is 16.1. The van der Waals surface area contributed by atoms with Crippen molar-refractivity contribution in [2.75, 3.05) is 19.6 Å². The maximum atomic E-state index is 12.6. The molecule has 1 aliphatic carbocycles. The highest BCUT2D eigenvalue weighted by Gasteiger charge is 2.20. The molecule has 5 N–H and O–H groups in total. The van der Waals surface area contributed by atoms with Crippen molar-refractivity contribution in [3.05, 3.63) is 53.1 Å². The molecule has 0 bridgehead atoms. The lowest BCUT2D eigenvalue weighted by Crippen LogP contribution is -2.36. The van der Waals surface area contributed by atoms with Gasteiger partial charge < -0.3 is 16.4 Å². The Labute approximate surface area is 128 Å². The Hall–Kier alpha value is -2.66. The van der Waals surface area contributed by atoms with Crippen LogP contribution in [0.4, 0.5) is 0 Å². The predicted octanol–water partition coefficient (Wildman–Crippen LogP) is 1.49. The first kappa shape index (κ1) is 14.3. The Balaban J connectivity index is 1.77. The zero-order valence-corrected chi connectivity index (χ0v) is 12.1. The summed E-state index contributed by atoms with van der Waals surface area (Å²) in [6, 6.07) is 11.9. The van der Waals surface area contributed by atoms with Crippen molar-refractivity contribution in [3.8, 4) is 0 Å². The largest absolute Gasteiger partial charge is 0.370 e. The Bertz CT molecular complexity index is 774. The first-order valence-electron chi connectivity index (χ1n) is 7.22. The molecule has 3 rings (SSSR count). The van der Waals surface area contributed by atoms with Crippen molar-refractivity contribution in [2.45, 2.75) is 0 Å². The first-order chi connectivity index (χ1) is 10.7. The third kappa shape index (κ3) is 2.71. The number of nitrogens with one attached hydrogen (secondary N) is 3. The van der Waals surface area contributed by atoms with Crippen LogP contribution in [0.25, 0.3) is 16.8 Å². The summed E-state index contributed by atoms with van der Waals surface area (Å²) in [4.78, 5) is 12.6. The molecule has 0 radical (unpaired) electrons. The third-order valence-electron chi connectivity index (χ3n) is 3.74. The number of benzene rings is 2. The maximum absolute atomic E-state index is 12.6. The van der Waals surface area contributed by atoms with Gasteiger partial charge in [-0.2, -0.15) is 0 Å². The molecular formula is C17H18N4O. The van der Waals surface area contributed by atoms with Gasteiger partial charge in [0.2, 0.25) is 0 Å². The van der Waals surface area contributed by atoms with Crippen LogP contribution in [-0.4, -0.2) is 31.4 Å². The summed E-state index contributed by atoms with van der Waals surface area (Å²) in [7, 11) is 0. The van der Waals surface area contributed by atoms with Crippen molar-refractivity contribution in [1.82, 2.24) is 10.6 Å². The summed E-state index contributed by atoms with van der Waals surface area (Å²) in [6.45, 7) is 1.70. The highest BCUT2D eigenvalue weighted by Crippen LogP contribution is 2.30. The van der Waals surface area contributed by atoms with Crippen LogP contribution >= 0.6 is 0 Å². The van der Waals surface area contributed by atoms with Crippen molar-refractivity contribution in [2.24, 2.45) is 5.73 Å². The quantitative estimate of drug-likeness (QED) is 0.382.